The third kappa shape index (κ3) is 9.68. The summed E-state index contributed by atoms with van der Waals surface area (Å²) in [5.74, 6) is -2.04. The minimum absolute atomic E-state index is 0.0780. The van der Waals surface area contributed by atoms with Gasteiger partial charge in [0.2, 0.25) is 5.92 Å². The van der Waals surface area contributed by atoms with Gasteiger partial charge in [-0.15, -0.1) is 11.8 Å². The van der Waals surface area contributed by atoms with Gasteiger partial charge in [-0.1, -0.05) is 19.8 Å². The van der Waals surface area contributed by atoms with Gasteiger partial charge in [-0.2, -0.15) is 0 Å². The second-order valence-electron chi connectivity index (χ2n) is 4.55. The number of hydrogen-bond donors (Lipinski definition) is 0. The first-order chi connectivity index (χ1) is 8.40. The first-order valence-electron chi connectivity index (χ1n) is 6.48. The summed E-state index contributed by atoms with van der Waals surface area (Å²) in [5, 5.41) is -0.142. The highest BCUT2D eigenvalue weighted by molar-refractivity contribution is 8.00. The molecule has 0 aliphatic rings. The Morgan fingerprint density at radius 1 is 1.33 bits per heavy atom. The lowest BCUT2D eigenvalue weighted by atomic mass is 10.2. The van der Waals surface area contributed by atoms with Crippen molar-refractivity contribution in [2.75, 3.05) is 12.9 Å². The van der Waals surface area contributed by atoms with Crippen LogP contribution in [0.5, 0.6) is 0 Å². The van der Waals surface area contributed by atoms with Crippen molar-refractivity contribution >= 4 is 17.7 Å². The van der Waals surface area contributed by atoms with Gasteiger partial charge in [-0.25, -0.2) is 8.78 Å². The highest BCUT2D eigenvalue weighted by Crippen LogP contribution is 2.23. The molecule has 0 aliphatic carbocycles. The van der Waals surface area contributed by atoms with Gasteiger partial charge in [0.1, 0.15) is 5.25 Å². The van der Waals surface area contributed by atoms with Crippen LogP contribution in [0, 0.1) is 0 Å². The lowest BCUT2D eigenvalue weighted by Crippen LogP contribution is -2.19. The van der Waals surface area contributed by atoms with Gasteiger partial charge in [0.25, 0.3) is 0 Å². The monoisotopic (exact) mass is 282 g/mol. The molecule has 1 atom stereocenters. The zero-order valence-electron chi connectivity index (χ0n) is 11.5. The molecule has 0 aliphatic heterocycles. The van der Waals surface area contributed by atoms with Crippen molar-refractivity contribution in [3.05, 3.63) is 0 Å². The molecule has 0 radical (unpaired) electrons. The summed E-state index contributed by atoms with van der Waals surface area (Å²) in [6.07, 6.45) is 3.96. The molecule has 0 bridgehead atoms. The lowest BCUT2D eigenvalue weighted by Gasteiger charge is -2.14. The molecule has 0 N–H and O–H groups in total. The van der Waals surface area contributed by atoms with Gasteiger partial charge in [0.05, 0.1) is 7.11 Å². The highest BCUT2D eigenvalue weighted by Gasteiger charge is 2.21. The molecule has 0 saturated carbocycles. The molecule has 1 unspecified atom stereocenters. The molecule has 0 heterocycles. The number of alkyl halides is 2. The van der Waals surface area contributed by atoms with Crippen molar-refractivity contribution in [1.29, 1.82) is 0 Å². The van der Waals surface area contributed by atoms with Gasteiger partial charge >= 0.3 is 5.97 Å². The lowest BCUT2D eigenvalue weighted by molar-refractivity contribution is -0.140. The molecule has 5 heteroatoms. The highest BCUT2D eigenvalue weighted by atomic mass is 32.2. The molecule has 0 amide bonds. The van der Waals surface area contributed by atoms with E-state index in [9.17, 15) is 13.6 Å². The van der Waals surface area contributed by atoms with Gasteiger partial charge in [-0.3, -0.25) is 4.79 Å². The number of rotatable bonds is 10. The fourth-order valence-corrected chi connectivity index (χ4v) is 2.77. The van der Waals surface area contributed by atoms with E-state index >= 15 is 0 Å². The Hall–Kier alpha value is -0.320. The molecule has 2 nitrogen and oxygen atoms in total. The fourth-order valence-electron chi connectivity index (χ4n) is 1.55. The Morgan fingerprint density at radius 3 is 2.50 bits per heavy atom. The summed E-state index contributed by atoms with van der Waals surface area (Å²) >= 11 is 1.53. The van der Waals surface area contributed by atoms with Crippen LogP contribution in [0.15, 0.2) is 0 Å². The minimum atomic E-state index is -2.57. The van der Waals surface area contributed by atoms with E-state index in [1.54, 1.807) is 0 Å². The number of halogens is 2. The van der Waals surface area contributed by atoms with E-state index in [4.69, 9.17) is 4.74 Å². The van der Waals surface area contributed by atoms with Crippen LogP contribution in [0.25, 0.3) is 0 Å². The van der Waals surface area contributed by atoms with Crippen molar-refractivity contribution in [2.45, 2.75) is 63.5 Å². The predicted molar refractivity (Wildman–Crippen MR) is 72.3 cm³/mol. The molecule has 0 aromatic carbocycles. The van der Waals surface area contributed by atoms with E-state index in [1.807, 2.05) is 0 Å². The normalized spacial score (nSPS) is 13.4. The third-order valence-electron chi connectivity index (χ3n) is 2.61. The van der Waals surface area contributed by atoms with E-state index in [0.29, 0.717) is 12.8 Å². The SMILES string of the molecule is CCCCC(SCCCCC(C)(F)F)C(=O)OC. The number of carbonyl (C=O) groups excluding carboxylic acids is 1. The van der Waals surface area contributed by atoms with Crippen LogP contribution in [0.4, 0.5) is 8.78 Å². The van der Waals surface area contributed by atoms with Crippen molar-refractivity contribution in [2.24, 2.45) is 0 Å². The van der Waals surface area contributed by atoms with E-state index in [1.165, 1.54) is 18.9 Å². The second-order valence-corrected chi connectivity index (χ2v) is 5.86. The van der Waals surface area contributed by atoms with Crippen molar-refractivity contribution in [1.82, 2.24) is 0 Å². The average Bonchev–Trinajstić information content (AvgIpc) is 2.30. The zero-order valence-corrected chi connectivity index (χ0v) is 12.3. The van der Waals surface area contributed by atoms with Gasteiger partial charge in [-0.05, 0) is 31.9 Å². The molecule has 18 heavy (non-hydrogen) atoms. The largest absolute Gasteiger partial charge is 0.468 e. The Morgan fingerprint density at radius 2 is 2.00 bits per heavy atom. The number of hydrogen-bond acceptors (Lipinski definition) is 3. The smallest absolute Gasteiger partial charge is 0.318 e. The zero-order chi connectivity index (χ0) is 14.0. The van der Waals surface area contributed by atoms with Gasteiger partial charge in [0, 0.05) is 6.42 Å². The van der Waals surface area contributed by atoms with Crippen LogP contribution in [-0.4, -0.2) is 30.0 Å². The maximum absolute atomic E-state index is 12.6. The van der Waals surface area contributed by atoms with E-state index in [2.05, 4.69) is 6.92 Å². The number of esters is 1. The summed E-state index contributed by atoms with van der Waals surface area (Å²) in [5.41, 5.74) is 0. The van der Waals surface area contributed by atoms with E-state index in [0.717, 1.165) is 31.9 Å². The summed E-state index contributed by atoms with van der Waals surface area (Å²) in [7, 11) is 1.39. The van der Waals surface area contributed by atoms with Crippen LogP contribution < -0.4 is 0 Å². The van der Waals surface area contributed by atoms with Crippen LogP contribution in [0.2, 0.25) is 0 Å². The van der Waals surface area contributed by atoms with Crippen LogP contribution >= 0.6 is 11.8 Å². The van der Waals surface area contributed by atoms with E-state index < -0.39 is 5.92 Å². The first kappa shape index (κ1) is 17.7. The third-order valence-corrected chi connectivity index (χ3v) is 3.97. The second kappa shape index (κ2) is 9.59. The molecular formula is C13H24F2O2S. The number of carbonyl (C=O) groups is 1. The fraction of sp³-hybridized carbons (Fsp3) is 0.923. The number of ether oxygens (including phenoxy) is 1. The summed E-state index contributed by atoms with van der Waals surface area (Å²) < 4.78 is 29.9. The van der Waals surface area contributed by atoms with Crippen LogP contribution in [-0.2, 0) is 9.53 Å². The van der Waals surface area contributed by atoms with E-state index in [-0.39, 0.29) is 17.6 Å². The molecule has 0 rings (SSSR count). The number of methoxy groups -OCH3 is 1. The molecule has 0 saturated heterocycles. The van der Waals surface area contributed by atoms with Crippen LogP contribution in [0.3, 0.4) is 0 Å². The molecule has 0 aromatic rings. The average molecular weight is 282 g/mol. The Kier molecular flexibility index (Phi) is 9.42. The first-order valence-corrected chi connectivity index (χ1v) is 7.53. The Bertz CT molecular complexity index is 230. The summed E-state index contributed by atoms with van der Waals surface area (Å²) in [6, 6.07) is 0. The molecule has 0 spiro atoms. The van der Waals surface area contributed by atoms with Gasteiger partial charge in [0.15, 0.2) is 0 Å². The maximum Gasteiger partial charge on any atom is 0.318 e. The topological polar surface area (TPSA) is 26.3 Å². The standard InChI is InChI=1S/C13H24F2O2S/c1-4-5-8-11(12(16)17-3)18-10-7-6-9-13(2,14)15/h11H,4-10H2,1-3H3. The maximum atomic E-state index is 12.6. The van der Waals surface area contributed by atoms with Crippen molar-refractivity contribution in [3.8, 4) is 0 Å². The van der Waals surface area contributed by atoms with Crippen molar-refractivity contribution < 1.29 is 18.3 Å². The van der Waals surface area contributed by atoms with Gasteiger partial charge < -0.3 is 4.74 Å². The summed E-state index contributed by atoms with van der Waals surface area (Å²) in [4.78, 5) is 11.5. The number of thioether (sulfide) groups is 1. The Labute approximate surface area is 113 Å². The van der Waals surface area contributed by atoms with Crippen LogP contribution in [0.1, 0.15) is 52.4 Å². The van der Waals surface area contributed by atoms with Crippen molar-refractivity contribution in [3.63, 3.8) is 0 Å². The Balaban J connectivity index is 3.79. The molecule has 0 aromatic heterocycles. The quantitative estimate of drug-likeness (QED) is 0.442. The number of unbranched alkanes of at least 4 members (excludes halogenated alkanes) is 2. The molecular weight excluding hydrogens is 258 g/mol. The molecule has 0 fully saturated rings. The minimum Gasteiger partial charge on any atom is -0.468 e. The summed E-state index contributed by atoms with van der Waals surface area (Å²) in [6.45, 7) is 3.01. The molecule has 108 valence electrons. The predicted octanol–water partition coefficient (Wildman–Crippen LogP) is 4.28.